The van der Waals surface area contributed by atoms with Crippen molar-refractivity contribution in [2.75, 3.05) is 0 Å². The monoisotopic (exact) mass is 362 g/mol. The Kier molecular flexibility index (Phi) is 4.49. The van der Waals surface area contributed by atoms with Gasteiger partial charge in [-0.25, -0.2) is 9.71 Å². The van der Waals surface area contributed by atoms with Gasteiger partial charge in [-0.3, -0.25) is 4.79 Å². The summed E-state index contributed by atoms with van der Waals surface area (Å²) in [5, 5.41) is 7.34. The largest absolute Gasteiger partial charge is 0.463 e. The number of amides is 1. The molecule has 0 saturated heterocycles. The molecule has 1 aromatic carbocycles. The van der Waals surface area contributed by atoms with Gasteiger partial charge in [-0.1, -0.05) is 29.5 Å². The van der Waals surface area contributed by atoms with Crippen LogP contribution in [0.5, 0.6) is 0 Å². The fourth-order valence-electron chi connectivity index (χ4n) is 1.66. The van der Waals surface area contributed by atoms with E-state index in [1.165, 1.54) is 24.6 Å². The lowest BCUT2D eigenvalue weighted by atomic mass is 10.2. The highest BCUT2D eigenvalue weighted by molar-refractivity contribution is 7.92. The van der Waals surface area contributed by atoms with Gasteiger partial charge < -0.3 is 4.42 Å². The number of hydrogen-bond acceptors (Lipinski definition) is 8. The molecule has 0 spiro atoms. The number of nitrogens with one attached hydrogen (secondary N) is 1. The van der Waals surface area contributed by atoms with E-state index in [0.29, 0.717) is 5.76 Å². The van der Waals surface area contributed by atoms with E-state index in [9.17, 15) is 13.2 Å². The summed E-state index contributed by atoms with van der Waals surface area (Å²) in [4.78, 5) is 15.9. The zero-order valence-corrected chi connectivity index (χ0v) is 13.6. The Bertz CT molecular complexity index is 963. The third-order valence-electron chi connectivity index (χ3n) is 2.73. The molecule has 0 aliphatic carbocycles. The Hall–Kier alpha value is -2.85. The summed E-state index contributed by atoms with van der Waals surface area (Å²) in [6, 6.07) is 11.4. The average molecular weight is 362 g/mol. The molecule has 10 heteroatoms. The van der Waals surface area contributed by atoms with E-state index in [1.54, 1.807) is 30.3 Å². The van der Waals surface area contributed by atoms with Crippen molar-refractivity contribution in [3.8, 4) is 0 Å². The summed E-state index contributed by atoms with van der Waals surface area (Å²) < 4.78 is 31.0. The second kappa shape index (κ2) is 6.72. The molecule has 8 nitrogen and oxygen atoms in total. The van der Waals surface area contributed by atoms with Crippen molar-refractivity contribution >= 4 is 38.6 Å². The first-order chi connectivity index (χ1) is 11.5. The fourth-order valence-corrected chi connectivity index (χ4v) is 3.47. The molecule has 3 rings (SSSR count). The second-order valence-electron chi connectivity index (χ2n) is 4.42. The van der Waals surface area contributed by atoms with Crippen molar-refractivity contribution in [2.45, 2.75) is 4.34 Å². The molecular weight excluding hydrogens is 352 g/mol. The summed E-state index contributed by atoms with van der Waals surface area (Å²) in [6.45, 7) is 0. The normalized spacial score (nSPS) is 11.7. The third kappa shape index (κ3) is 3.73. The molecule has 2 heterocycles. The van der Waals surface area contributed by atoms with Crippen LogP contribution in [0.2, 0.25) is 0 Å². The highest BCUT2D eigenvalue weighted by atomic mass is 32.2. The quantitative estimate of drug-likeness (QED) is 0.694. The molecule has 1 amide bonds. The minimum absolute atomic E-state index is 0.124. The lowest BCUT2D eigenvalue weighted by Gasteiger charge is -2.03. The minimum Gasteiger partial charge on any atom is -0.463 e. The molecule has 24 heavy (non-hydrogen) atoms. The van der Waals surface area contributed by atoms with Crippen LogP contribution in [-0.4, -0.2) is 30.7 Å². The number of carbonyl (C=O) groups excluding carboxylic acids is 1. The van der Waals surface area contributed by atoms with Crippen LogP contribution in [-0.2, 0) is 10.0 Å². The molecule has 0 atom stereocenters. The molecule has 0 fully saturated rings. The topological polar surface area (TPSA) is 115 Å². The van der Waals surface area contributed by atoms with Crippen molar-refractivity contribution < 1.29 is 17.6 Å². The molecule has 0 saturated carbocycles. The molecule has 0 radical (unpaired) electrons. The smallest absolute Gasteiger partial charge is 0.293 e. The van der Waals surface area contributed by atoms with Crippen LogP contribution in [0.15, 0.2) is 62.5 Å². The van der Waals surface area contributed by atoms with Crippen molar-refractivity contribution in [1.29, 1.82) is 0 Å². The summed E-state index contributed by atoms with van der Waals surface area (Å²) in [7, 11) is -4.11. The van der Waals surface area contributed by atoms with Crippen LogP contribution in [0.25, 0.3) is 0 Å². The van der Waals surface area contributed by atoms with E-state index in [-0.39, 0.29) is 15.0 Å². The molecule has 3 aromatic rings. The minimum atomic E-state index is -4.11. The number of nitrogens with zero attached hydrogens (tertiary/aromatic N) is 3. The maximum atomic E-state index is 12.2. The second-order valence-corrected chi connectivity index (χ2v) is 7.24. The van der Waals surface area contributed by atoms with E-state index in [0.717, 1.165) is 11.3 Å². The van der Waals surface area contributed by atoms with Gasteiger partial charge in [0, 0.05) is 5.56 Å². The number of furan rings is 1. The lowest BCUT2D eigenvalue weighted by molar-refractivity contribution is 0.0981. The number of aromatic nitrogens is 2. The van der Waals surface area contributed by atoms with Crippen molar-refractivity contribution in [3.63, 3.8) is 0 Å². The van der Waals surface area contributed by atoms with Gasteiger partial charge >= 0.3 is 0 Å². The van der Waals surface area contributed by atoms with Gasteiger partial charge in [0.05, 0.1) is 12.5 Å². The predicted molar refractivity (Wildman–Crippen MR) is 87.0 cm³/mol. The van der Waals surface area contributed by atoms with E-state index in [2.05, 4.69) is 15.2 Å². The highest BCUT2D eigenvalue weighted by Crippen LogP contribution is 2.22. The predicted octanol–water partition coefficient (Wildman–Crippen LogP) is 2.00. The number of hydrogen-bond donors (Lipinski definition) is 1. The summed E-state index contributed by atoms with van der Waals surface area (Å²) in [5.41, 5.74) is 0.224. The molecule has 0 aliphatic rings. The van der Waals surface area contributed by atoms with Gasteiger partial charge in [0.15, 0.2) is 0 Å². The number of benzene rings is 1. The van der Waals surface area contributed by atoms with E-state index >= 15 is 0 Å². The SMILES string of the molecule is O=C(NS(=O)(=O)c1nnc(/N=C/c2ccco2)s1)c1ccccc1. The zero-order valence-electron chi connectivity index (χ0n) is 12.0. The maximum absolute atomic E-state index is 12.2. The average Bonchev–Trinajstić information content (AvgIpc) is 3.25. The standard InChI is InChI=1S/C14H10N4O4S2/c19-12(10-5-2-1-3-6-10)18-24(20,21)14-17-16-13(23-14)15-9-11-7-4-8-22-11/h1-9H,(H,18,19)/b15-9+. The number of rotatable bonds is 5. The molecule has 0 unspecified atom stereocenters. The number of aliphatic imine (C=N–C) groups is 1. The van der Waals surface area contributed by atoms with Crippen LogP contribution >= 0.6 is 11.3 Å². The Balaban J connectivity index is 1.75. The van der Waals surface area contributed by atoms with Crippen molar-refractivity contribution in [3.05, 3.63) is 60.1 Å². The van der Waals surface area contributed by atoms with Crippen LogP contribution in [0.1, 0.15) is 16.1 Å². The third-order valence-corrected chi connectivity index (χ3v) is 5.26. The van der Waals surface area contributed by atoms with Crippen LogP contribution in [0.3, 0.4) is 0 Å². The Morgan fingerprint density at radius 3 is 2.67 bits per heavy atom. The molecular formula is C14H10N4O4S2. The number of carbonyl (C=O) groups is 1. The molecule has 122 valence electrons. The van der Waals surface area contributed by atoms with Gasteiger partial charge in [0.25, 0.3) is 20.3 Å². The lowest BCUT2D eigenvalue weighted by Crippen LogP contribution is -2.30. The zero-order chi connectivity index (χ0) is 17.0. The highest BCUT2D eigenvalue weighted by Gasteiger charge is 2.23. The maximum Gasteiger partial charge on any atom is 0.293 e. The summed E-state index contributed by atoms with van der Waals surface area (Å²) >= 11 is 0.734. The van der Waals surface area contributed by atoms with E-state index in [1.807, 2.05) is 4.72 Å². The van der Waals surface area contributed by atoms with Gasteiger partial charge in [-0.2, -0.15) is 8.42 Å². The Labute approximate surface area is 140 Å². The summed E-state index contributed by atoms with van der Waals surface area (Å²) in [6.07, 6.45) is 2.87. The fraction of sp³-hybridized carbons (Fsp3) is 0. The first-order valence-electron chi connectivity index (χ1n) is 6.58. The Morgan fingerprint density at radius 2 is 1.96 bits per heavy atom. The van der Waals surface area contributed by atoms with Crippen molar-refractivity contribution in [1.82, 2.24) is 14.9 Å². The van der Waals surface area contributed by atoms with E-state index in [4.69, 9.17) is 4.42 Å². The molecule has 0 aliphatic heterocycles. The van der Waals surface area contributed by atoms with Crippen LogP contribution in [0, 0.1) is 0 Å². The first-order valence-corrected chi connectivity index (χ1v) is 8.88. The molecule has 0 bridgehead atoms. The summed E-state index contributed by atoms with van der Waals surface area (Å²) in [5.74, 6) is -0.251. The van der Waals surface area contributed by atoms with E-state index < -0.39 is 15.9 Å². The Morgan fingerprint density at radius 1 is 1.17 bits per heavy atom. The first kappa shape index (κ1) is 16.0. The van der Waals surface area contributed by atoms with Gasteiger partial charge in [0.2, 0.25) is 5.13 Å². The van der Waals surface area contributed by atoms with Crippen LogP contribution in [0.4, 0.5) is 5.13 Å². The van der Waals surface area contributed by atoms with Gasteiger partial charge in [0.1, 0.15) is 5.76 Å². The van der Waals surface area contributed by atoms with Crippen LogP contribution < -0.4 is 4.72 Å². The van der Waals surface area contributed by atoms with Gasteiger partial charge in [-0.05, 0) is 24.3 Å². The molecule has 1 N–H and O–H groups in total. The molecule has 2 aromatic heterocycles. The van der Waals surface area contributed by atoms with Gasteiger partial charge in [-0.15, -0.1) is 10.2 Å². The van der Waals surface area contributed by atoms with Crippen molar-refractivity contribution in [2.24, 2.45) is 4.99 Å². The number of sulfonamides is 1.